The highest BCUT2D eigenvalue weighted by Crippen LogP contribution is 2.39. The summed E-state index contributed by atoms with van der Waals surface area (Å²) in [7, 11) is -1.09. The molecule has 1 fully saturated rings. The number of ether oxygens (including phenoxy) is 1. The Kier molecular flexibility index (Phi) is 6.24. The molecule has 1 aromatic heterocycles. The Morgan fingerprint density at radius 3 is 2.94 bits per heavy atom. The Bertz CT molecular complexity index is 1060. The van der Waals surface area contributed by atoms with Gasteiger partial charge in [-0.2, -0.15) is 0 Å². The van der Waals surface area contributed by atoms with Crippen LogP contribution < -0.4 is 10.1 Å². The van der Waals surface area contributed by atoms with Crippen molar-refractivity contribution >= 4 is 15.7 Å². The molecule has 1 saturated heterocycles. The SMILES string of the molecule is CN(CCC(=O)NCC1Cc2cc(F)cc(-c3cccnc3)c2O1)C1CCS(=O)(=O)C1. The van der Waals surface area contributed by atoms with Crippen molar-refractivity contribution in [2.75, 3.05) is 31.6 Å². The number of nitrogens with zero attached hydrogens (tertiary/aromatic N) is 2. The summed E-state index contributed by atoms with van der Waals surface area (Å²) in [5.41, 5.74) is 2.21. The number of halogens is 1. The molecule has 0 bridgehead atoms. The number of benzene rings is 1. The minimum absolute atomic E-state index is 0.0220. The molecule has 0 saturated carbocycles. The minimum Gasteiger partial charge on any atom is -0.487 e. The van der Waals surface area contributed by atoms with Gasteiger partial charge < -0.3 is 15.0 Å². The Morgan fingerprint density at radius 2 is 2.23 bits per heavy atom. The summed E-state index contributed by atoms with van der Waals surface area (Å²) in [6, 6.07) is 6.53. The largest absolute Gasteiger partial charge is 0.487 e. The van der Waals surface area contributed by atoms with E-state index in [-0.39, 0.29) is 41.8 Å². The molecule has 3 heterocycles. The smallest absolute Gasteiger partial charge is 0.221 e. The summed E-state index contributed by atoms with van der Waals surface area (Å²) in [5.74, 6) is 0.564. The summed E-state index contributed by atoms with van der Waals surface area (Å²) < 4.78 is 43.4. The first-order valence-electron chi connectivity index (χ1n) is 10.4. The van der Waals surface area contributed by atoms with Crippen LogP contribution in [-0.2, 0) is 21.1 Å². The molecule has 0 spiro atoms. The van der Waals surface area contributed by atoms with E-state index in [0.29, 0.717) is 37.2 Å². The molecule has 2 aromatic rings. The van der Waals surface area contributed by atoms with Gasteiger partial charge in [0.1, 0.15) is 17.7 Å². The third kappa shape index (κ3) is 5.22. The van der Waals surface area contributed by atoms with Crippen molar-refractivity contribution in [3.8, 4) is 16.9 Å². The maximum Gasteiger partial charge on any atom is 0.221 e. The molecule has 2 unspecified atom stereocenters. The third-order valence-corrected chi connectivity index (χ3v) is 7.64. The molecule has 31 heavy (non-hydrogen) atoms. The zero-order valence-electron chi connectivity index (χ0n) is 17.4. The fourth-order valence-corrected chi connectivity index (χ4v) is 5.95. The van der Waals surface area contributed by atoms with E-state index >= 15 is 0 Å². The average molecular weight is 448 g/mol. The maximum absolute atomic E-state index is 14.1. The van der Waals surface area contributed by atoms with Crippen LogP contribution in [0.15, 0.2) is 36.7 Å². The monoisotopic (exact) mass is 447 g/mol. The number of carbonyl (C=O) groups is 1. The molecule has 1 N–H and O–H groups in total. The molecule has 2 aliphatic rings. The van der Waals surface area contributed by atoms with Crippen LogP contribution in [0.5, 0.6) is 5.75 Å². The van der Waals surface area contributed by atoms with Crippen molar-refractivity contribution in [3.05, 3.63) is 48.0 Å². The quantitative estimate of drug-likeness (QED) is 0.697. The van der Waals surface area contributed by atoms with Crippen molar-refractivity contribution in [2.45, 2.75) is 31.4 Å². The Hall–Kier alpha value is -2.52. The Morgan fingerprint density at radius 1 is 1.39 bits per heavy atom. The van der Waals surface area contributed by atoms with E-state index in [9.17, 15) is 17.6 Å². The van der Waals surface area contributed by atoms with Gasteiger partial charge in [-0.05, 0) is 31.7 Å². The van der Waals surface area contributed by atoms with Crippen molar-refractivity contribution in [3.63, 3.8) is 0 Å². The number of nitrogens with one attached hydrogen (secondary N) is 1. The topological polar surface area (TPSA) is 88.6 Å². The van der Waals surface area contributed by atoms with Crippen molar-refractivity contribution in [1.29, 1.82) is 0 Å². The molecule has 4 rings (SSSR count). The van der Waals surface area contributed by atoms with E-state index in [2.05, 4.69) is 10.3 Å². The van der Waals surface area contributed by atoms with E-state index in [0.717, 1.165) is 11.1 Å². The van der Waals surface area contributed by atoms with E-state index in [1.54, 1.807) is 18.5 Å². The number of amides is 1. The Labute approximate surface area is 181 Å². The molecule has 7 nitrogen and oxygen atoms in total. The molecule has 9 heteroatoms. The molecule has 2 atom stereocenters. The summed E-state index contributed by atoms with van der Waals surface area (Å²) in [6.45, 7) is 0.817. The van der Waals surface area contributed by atoms with Crippen LogP contribution in [0.3, 0.4) is 0 Å². The standard InChI is InChI=1S/C22H26FN3O4S/c1-26(18-5-8-31(28,29)14-18)7-4-21(27)25-13-19-10-16-9-17(23)11-20(22(16)30-19)15-3-2-6-24-12-15/h2-3,6,9,11-12,18-19H,4-5,7-8,10,13-14H2,1H3,(H,25,27). The molecule has 166 valence electrons. The van der Waals surface area contributed by atoms with Gasteiger partial charge in [-0.25, -0.2) is 12.8 Å². The number of hydrogen-bond acceptors (Lipinski definition) is 6. The fraction of sp³-hybridized carbons (Fsp3) is 0.455. The van der Waals surface area contributed by atoms with Crippen LogP contribution in [0.25, 0.3) is 11.1 Å². The molecule has 0 radical (unpaired) electrons. The summed E-state index contributed by atoms with van der Waals surface area (Å²) in [6.07, 6.45) is 4.46. The van der Waals surface area contributed by atoms with Gasteiger partial charge in [0, 0.05) is 54.5 Å². The zero-order valence-corrected chi connectivity index (χ0v) is 18.2. The van der Waals surface area contributed by atoms with Crippen LogP contribution in [0.1, 0.15) is 18.4 Å². The second-order valence-electron chi connectivity index (χ2n) is 8.22. The predicted octanol–water partition coefficient (Wildman–Crippen LogP) is 1.82. The second kappa shape index (κ2) is 8.92. The lowest BCUT2D eigenvalue weighted by molar-refractivity contribution is -0.121. The number of pyridine rings is 1. The number of aromatic nitrogens is 1. The fourth-order valence-electron chi connectivity index (χ4n) is 4.14. The van der Waals surface area contributed by atoms with Crippen LogP contribution in [0, 0.1) is 5.82 Å². The number of hydrogen-bond donors (Lipinski definition) is 1. The van der Waals surface area contributed by atoms with Crippen LogP contribution in [-0.4, -0.2) is 68.0 Å². The maximum atomic E-state index is 14.1. The average Bonchev–Trinajstić information content (AvgIpc) is 3.32. The lowest BCUT2D eigenvalue weighted by Gasteiger charge is -2.22. The van der Waals surface area contributed by atoms with Gasteiger partial charge in [-0.1, -0.05) is 6.07 Å². The first-order valence-corrected chi connectivity index (χ1v) is 12.2. The van der Waals surface area contributed by atoms with Crippen molar-refractivity contribution in [1.82, 2.24) is 15.2 Å². The lowest BCUT2D eigenvalue weighted by atomic mass is 10.0. The second-order valence-corrected chi connectivity index (χ2v) is 10.4. The van der Waals surface area contributed by atoms with Gasteiger partial charge in [0.05, 0.1) is 18.1 Å². The van der Waals surface area contributed by atoms with Crippen molar-refractivity contribution < 1.29 is 22.3 Å². The number of sulfone groups is 1. The molecule has 1 amide bonds. The first kappa shape index (κ1) is 21.7. The normalized spacial score (nSPS) is 21.6. The highest BCUT2D eigenvalue weighted by atomic mass is 32.2. The van der Waals surface area contributed by atoms with E-state index < -0.39 is 9.84 Å². The summed E-state index contributed by atoms with van der Waals surface area (Å²) in [4.78, 5) is 18.3. The van der Waals surface area contributed by atoms with Crippen molar-refractivity contribution in [2.24, 2.45) is 0 Å². The van der Waals surface area contributed by atoms with Crippen LogP contribution in [0.2, 0.25) is 0 Å². The van der Waals surface area contributed by atoms with Gasteiger partial charge in [0.2, 0.25) is 5.91 Å². The van der Waals surface area contributed by atoms with Gasteiger partial charge in [0.25, 0.3) is 0 Å². The van der Waals surface area contributed by atoms with Gasteiger partial charge in [0.15, 0.2) is 9.84 Å². The number of fused-ring (bicyclic) bond motifs is 1. The van der Waals surface area contributed by atoms with Crippen LogP contribution >= 0.6 is 0 Å². The highest BCUT2D eigenvalue weighted by molar-refractivity contribution is 7.91. The van der Waals surface area contributed by atoms with Gasteiger partial charge in [-0.15, -0.1) is 0 Å². The summed E-state index contributed by atoms with van der Waals surface area (Å²) >= 11 is 0. The third-order valence-electron chi connectivity index (χ3n) is 5.89. The molecule has 1 aromatic carbocycles. The highest BCUT2D eigenvalue weighted by Gasteiger charge is 2.31. The van der Waals surface area contributed by atoms with E-state index in [1.165, 1.54) is 12.1 Å². The van der Waals surface area contributed by atoms with E-state index in [4.69, 9.17) is 4.74 Å². The number of rotatable bonds is 7. The number of carbonyl (C=O) groups excluding carboxylic acids is 1. The van der Waals surface area contributed by atoms with E-state index in [1.807, 2.05) is 18.0 Å². The first-order chi connectivity index (χ1) is 14.8. The van der Waals surface area contributed by atoms with Gasteiger partial charge in [-0.3, -0.25) is 9.78 Å². The van der Waals surface area contributed by atoms with Crippen LogP contribution in [0.4, 0.5) is 4.39 Å². The minimum atomic E-state index is -2.94. The molecule has 0 aliphatic carbocycles. The predicted molar refractivity (Wildman–Crippen MR) is 115 cm³/mol. The Balaban J connectivity index is 1.29. The summed E-state index contributed by atoms with van der Waals surface area (Å²) in [5, 5.41) is 2.88. The molecular formula is C22H26FN3O4S. The molecule has 2 aliphatic heterocycles. The lowest BCUT2D eigenvalue weighted by Crippen LogP contribution is -2.38. The van der Waals surface area contributed by atoms with Gasteiger partial charge >= 0.3 is 0 Å². The molecular weight excluding hydrogens is 421 g/mol. The zero-order chi connectivity index (χ0) is 22.0.